The predicted octanol–water partition coefficient (Wildman–Crippen LogP) is 3.20. The Morgan fingerprint density at radius 3 is 2.90 bits per heavy atom. The fraction of sp³-hybridized carbons (Fsp3) is 0.688. The second-order valence-corrected chi connectivity index (χ2v) is 7.11. The third kappa shape index (κ3) is 3.60. The Kier molecular flexibility index (Phi) is 4.74. The highest BCUT2D eigenvalue weighted by atomic mass is 79.9. The van der Waals surface area contributed by atoms with Crippen molar-refractivity contribution in [3.05, 3.63) is 28.5 Å². The maximum Gasteiger partial charge on any atom is 0.0544 e. The first kappa shape index (κ1) is 14.5. The summed E-state index contributed by atoms with van der Waals surface area (Å²) in [4.78, 5) is 7.22. The van der Waals surface area contributed by atoms with E-state index in [0.717, 1.165) is 23.5 Å². The summed E-state index contributed by atoms with van der Waals surface area (Å²) in [6.07, 6.45) is 7.27. The van der Waals surface area contributed by atoms with Crippen LogP contribution < -0.4 is 5.32 Å². The molecular weight excluding hydrogens is 314 g/mol. The number of nitrogens with one attached hydrogen (secondary N) is 1. The summed E-state index contributed by atoms with van der Waals surface area (Å²) in [6, 6.07) is 5.62. The van der Waals surface area contributed by atoms with Gasteiger partial charge in [-0.25, -0.2) is 0 Å². The van der Waals surface area contributed by atoms with E-state index >= 15 is 0 Å². The predicted molar refractivity (Wildman–Crippen MR) is 85.6 cm³/mol. The number of hydrogen-bond acceptors (Lipinski definition) is 3. The van der Waals surface area contributed by atoms with Crippen LogP contribution in [-0.4, -0.2) is 35.1 Å². The van der Waals surface area contributed by atoms with Crippen LogP contribution in [-0.2, 0) is 6.54 Å². The summed E-state index contributed by atoms with van der Waals surface area (Å²) in [5, 5.41) is 3.75. The van der Waals surface area contributed by atoms with E-state index in [-0.39, 0.29) is 0 Å². The van der Waals surface area contributed by atoms with Crippen LogP contribution in [0.25, 0.3) is 0 Å². The molecule has 2 fully saturated rings. The molecule has 20 heavy (non-hydrogen) atoms. The quantitative estimate of drug-likeness (QED) is 0.894. The molecule has 2 unspecified atom stereocenters. The topological polar surface area (TPSA) is 28.2 Å². The van der Waals surface area contributed by atoms with Crippen molar-refractivity contribution < 1.29 is 0 Å². The van der Waals surface area contributed by atoms with Gasteiger partial charge in [-0.05, 0) is 53.2 Å². The van der Waals surface area contributed by atoms with Gasteiger partial charge in [0.2, 0.25) is 0 Å². The normalized spacial score (nSPS) is 27.7. The summed E-state index contributed by atoms with van der Waals surface area (Å²) < 4.78 is 1.06. The van der Waals surface area contributed by atoms with Crippen molar-refractivity contribution in [1.82, 2.24) is 15.2 Å². The molecular formula is C16H24BrN3. The first-order valence-electron chi connectivity index (χ1n) is 7.84. The standard InChI is InChI=1S/C16H24BrN3/c1-2-3-14-10-20(16(9-19-14)12-4-5-12)11-15-7-6-13(17)8-18-15/h6-8,12,14,16,19H,2-5,9-11H2,1H3. The molecule has 2 aliphatic rings. The molecule has 1 aromatic heterocycles. The fourth-order valence-corrected chi connectivity index (χ4v) is 3.51. The van der Waals surface area contributed by atoms with Crippen molar-refractivity contribution in [2.24, 2.45) is 5.92 Å². The second-order valence-electron chi connectivity index (χ2n) is 6.20. The monoisotopic (exact) mass is 337 g/mol. The molecule has 1 aliphatic carbocycles. The van der Waals surface area contributed by atoms with E-state index in [4.69, 9.17) is 0 Å². The first-order chi connectivity index (χ1) is 9.76. The van der Waals surface area contributed by atoms with Gasteiger partial charge >= 0.3 is 0 Å². The zero-order chi connectivity index (χ0) is 13.9. The molecule has 1 aromatic rings. The summed E-state index contributed by atoms with van der Waals surface area (Å²) in [5.74, 6) is 0.917. The number of pyridine rings is 1. The van der Waals surface area contributed by atoms with Gasteiger partial charge in [-0.3, -0.25) is 9.88 Å². The molecule has 4 heteroatoms. The molecule has 2 heterocycles. The van der Waals surface area contributed by atoms with Crippen LogP contribution in [0.15, 0.2) is 22.8 Å². The molecule has 0 amide bonds. The Balaban J connectivity index is 1.67. The van der Waals surface area contributed by atoms with Crippen molar-refractivity contribution >= 4 is 15.9 Å². The van der Waals surface area contributed by atoms with Crippen molar-refractivity contribution in [3.8, 4) is 0 Å². The summed E-state index contributed by atoms with van der Waals surface area (Å²) >= 11 is 3.46. The van der Waals surface area contributed by atoms with E-state index in [0.29, 0.717) is 12.1 Å². The minimum absolute atomic E-state index is 0.658. The number of hydrogen-bond donors (Lipinski definition) is 1. The van der Waals surface area contributed by atoms with Gasteiger partial charge in [0.1, 0.15) is 0 Å². The SMILES string of the molecule is CCCC1CN(Cc2ccc(Br)cn2)C(C2CC2)CN1. The van der Waals surface area contributed by atoms with Gasteiger partial charge in [0.15, 0.2) is 0 Å². The Bertz CT molecular complexity index is 430. The van der Waals surface area contributed by atoms with Crippen LogP contribution in [0.5, 0.6) is 0 Å². The zero-order valence-electron chi connectivity index (χ0n) is 12.2. The zero-order valence-corrected chi connectivity index (χ0v) is 13.8. The maximum atomic E-state index is 4.55. The lowest BCUT2D eigenvalue weighted by Crippen LogP contribution is -2.56. The first-order valence-corrected chi connectivity index (χ1v) is 8.63. The Morgan fingerprint density at radius 1 is 1.40 bits per heavy atom. The summed E-state index contributed by atoms with van der Waals surface area (Å²) in [7, 11) is 0. The number of nitrogens with zero attached hydrogens (tertiary/aromatic N) is 2. The van der Waals surface area contributed by atoms with E-state index < -0.39 is 0 Å². The lowest BCUT2D eigenvalue weighted by molar-refractivity contribution is 0.103. The summed E-state index contributed by atoms with van der Waals surface area (Å²) in [5.41, 5.74) is 1.19. The van der Waals surface area contributed by atoms with Crippen molar-refractivity contribution in [2.75, 3.05) is 13.1 Å². The van der Waals surface area contributed by atoms with Crippen molar-refractivity contribution in [1.29, 1.82) is 0 Å². The average molecular weight is 338 g/mol. The maximum absolute atomic E-state index is 4.55. The number of halogens is 1. The highest BCUT2D eigenvalue weighted by Crippen LogP contribution is 2.37. The minimum Gasteiger partial charge on any atom is -0.311 e. The van der Waals surface area contributed by atoms with Gasteiger partial charge in [-0.15, -0.1) is 0 Å². The van der Waals surface area contributed by atoms with Gasteiger partial charge in [0.25, 0.3) is 0 Å². The van der Waals surface area contributed by atoms with Gasteiger partial charge < -0.3 is 5.32 Å². The fourth-order valence-electron chi connectivity index (χ4n) is 3.28. The molecule has 0 spiro atoms. The average Bonchev–Trinajstić information content (AvgIpc) is 3.27. The van der Waals surface area contributed by atoms with Gasteiger partial charge in [-0.1, -0.05) is 13.3 Å². The second kappa shape index (κ2) is 6.54. The summed E-state index contributed by atoms with van der Waals surface area (Å²) in [6.45, 7) is 5.60. The Hall–Kier alpha value is -0.450. The van der Waals surface area contributed by atoms with Crippen LogP contribution in [0.3, 0.4) is 0 Å². The molecule has 0 bridgehead atoms. The van der Waals surface area contributed by atoms with E-state index in [1.54, 1.807) is 0 Å². The third-order valence-electron chi connectivity index (χ3n) is 4.50. The molecule has 3 rings (SSSR count). The molecule has 1 saturated carbocycles. The highest BCUT2D eigenvalue weighted by Gasteiger charge is 2.38. The minimum atomic E-state index is 0.658. The molecule has 0 aromatic carbocycles. The van der Waals surface area contributed by atoms with Gasteiger partial charge in [0.05, 0.1) is 5.69 Å². The lowest BCUT2D eigenvalue weighted by Gasteiger charge is -2.40. The van der Waals surface area contributed by atoms with E-state index in [9.17, 15) is 0 Å². The Morgan fingerprint density at radius 2 is 2.25 bits per heavy atom. The smallest absolute Gasteiger partial charge is 0.0544 e. The van der Waals surface area contributed by atoms with E-state index in [1.807, 2.05) is 6.20 Å². The van der Waals surface area contributed by atoms with Crippen LogP contribution in [0.2, 0.25) is 0 Å². The van der Waals surface area contributed by atoms with E-state index in [1.165, 1.54) is 37.9 Å². The molecule has 0 radical (unpaired) electrons. The van der Waals surface area contributed by atoms with Crippen molar-refractivity contribution in [2.45, 2.75) is 51.2 Å². The van der Waals surface area contributed by atoms with Crippen LogP contribution in [0.4, 0.5) is 0 Å². The molecule has 2 atom stereocenters. The van der Waals surface area contributed by atoms with E-state index in [2.05, 4.69) is 50.2 Å². The Labute approximate surface area is 130 Å². The molecule has 1 aliphatic heterocycles. The van der Waals surface area contributed by atoms with Gasteiger partial charge in [0, 0.05) is 42.4 Å². The molecule has 3 nitrogen and oxygen atoms in total. The van der Waals surface area contributed by atoms with Crippen molar-refractivity contribution in [3.63, 3.8) is 0 Å². The lowest BCUT2D eigenvalue weighted by atomic mass is 10.0. The van der Waals surface area contributed by atoms with Crippen LogP contribution in [0, 0.1) is 5.92 Å². The highest BCUT2D eigenvalue weighted by molar-refractivity contribution is 9.10. The van der Waals surface area contributed by atoms with Crippen LogP contribution >= 0.6 is 15.9 Å². The van der Waals surface area contributed by atoms with Crippen LogP contribution in [0.1, 0.15) is 38.3 Å². The largest absolute Gasteiger partial charge is 0.311 e. The van der Waals surface area contributed by atoms with Gasteiger partial charge in [-0.2, -0.15) is 0 Å². The molecule has 1 N–H and O–H groups in total. The number of piperazine rings is 1. The number of aromatic nitrogens is 1. The molecule has 110 valence electrons. The number of rotatable bonds is 5. The third-order valence-corrected chi connectivity index (χ3v) is 4.97. The molecule has 1 saturated heterocycles.